The molecule has 1 heterocycles. The number of nitrogens with one attached hydrogen (secondary N) is 2. The first-order valence-corrected chi connectivity index (χ1v) is 8.34. The summed E-state index contributed by atoms with van der Waals surface area (Å²) in [6.07, 6.45) is 0.844. The first-order chi connectivity index (χ1) is 10.4. The molecule has 2 aromatic rings. The quantitative estimate of drug-likeness (QED) is 0.786. The SMILES string of the molecule is CC(C)Cc1nc(S[C@H](C)C(=O)Nc2cccc(Cl)c2)n[nH]1. The molecule has 1 aromatic carbocycles. The van der Waals surface area contributed by atoms with Crippen LogP contribution < -0.4 is 5.32 Å². The number of anilines is 1. The van der Waals surface area contributed by atoms with Crippen molar-refractivity contribution in [3.63, 3.8) is 0 Å². The summed E-state index contributed by atoms with van der Waals surface area (Å²) < 4.78 is 0. The van der Waals surface area contributed by atoms with Crippen LogP contribution in [-0.2, 0) is 11.2 Å². The molecule has 0 fully saturated rings. The number of aromatic amines is 1. The zero-order valence-corrected chi connectivity index (χ0v) is 14.3. The van der Waals surface area contributed by atoms with E-state index in [1.807, 2.05) is 6.92 Å². The Labute approximate surface area is 139 Å². The number of rotatable bonds is 6. The van der Waals surface area contributed by atoms with Crippen molar-refractivity contribution in [2.45, 2.75) is 37.6 Å². The Morgan fingerprint density at radius 3 is 2.86 bits per heavy atom. The minimum atomic E-state index is -0.304. The smallest absolute Gasteiger partial charge is 0.237 e. The molecule has 0 radical (unpaired) electrons. The van der Waals surface area contributed by atoms with Gasteiger partial charge in [0.05, 0.1) is 5.25 Å². The molecule has 0 spiro atoms. The van der Waals surface area contributed by atoms with Gasteiger partial charge in [0, 0.05) is 17.1 Å². The number of halogens is 1. The van der Waals surface area contributed by atoms with E-state index >= 15 is 0 Å². The van der Waals surface area contributed by atoms with Gasteiger partial charge in [-0.1, -0.05) is 43.3 Å². The molecule has 1 amide bonds. The predicted molar refractivity (Wildman–Crippen MR) is 90.3 cm³/mol. The van der Waals surface area contributed by atoms with Crippen molar-refractivity contribution >= 4 is 35.0 Å². The molecule has 0 unspecified atom stereocenters. The molecule has 0 bridgehead atoms. The Morgan fingerprint density at radius 2 is 2.18 bits per heavy atom. The maximum Gasteiger partial charge on any atom is 0.237 e. The summed E-state index contributed by atoms with van der Waals surface area (Å²) in [5.74, 6) is 1.25. The average molecular weight is 339 g/mol. The lowest BCUT2D eigenvalue weighted by Crippen LogP contribution is -2.22. The lowest BCUT2D eigenvalue weighted by Gasteiger charge is -2.10. The van der Waals surface area contributed by atoms with Crippen molar-refractivity contribution in [1.29, 1.82) is 0 Å². The van der Waals surface area contributed by atoms with E-state index in [2.05, 4.69) is 34.3 Å². The van der Waals surface area contributed by atoms with E-state index in [-0.39, 0.29) is 11.2 Å². The maximum absolute atomic E-state index is 12.2. The van der Waals surface area contributed by atoms with Crippen LogP contribution in [-0.4, -0.2) is 26.3 Å². The van der Waals surface area contributed by atoms with Crippen LogP contribution in [0, 0.1) is 5.92 Å². The number of hydrogen-bond donors (Lipinski definition) is 2. The minimum Gasteiger partial charge on any atom is -0.325 e. The number of amides is 1. The van der Waals surface area contributed by atoms with Crippen LogP contribution >= 0.6 is 23.4 Å². The van der Waals surface area contributed by atoms with Gasteiger partial charge in [0.25, 0.3) is 0 Å². The lowest BCUT2D eigenvalue weighted by atomic mass is 10.1. The van der Waals surface area contributed by atoms with Gasteiger partial charge >= 0.3 is 0 Å². The van der Waals surface area contributed by atoms with Crippen molar-refractivity contribution in [1.82, 2.24) is 15.2 Å². The fourth-order valence-electron chi connectivity index (χ4n) is 1.83. The summed E-state index contributed by atoms with van der Waals surface area (Å²) in [4.78, 5) is 16.6. The number of nitrogens with zero attached hydrogens (tertiary/aromatic N) is 2. The molecular weight excluding hydrogens is 320 g/mol. The Kier molecular flexibility index (Phi) is 5.85. The van der Waals surface area contributed by atoms with Crippen molar-refractivity contribution in [2.24, 2.45) is 5.92 Å². The Balaban J connectivity index is 1.92. The number of hydrogen-bond acceptors (Lipinski definition) is 4. The fraction of sp³-hybridized carbons (Fsp3) is 0.400. The molecule has 118 valence electrons. The molecule has 7 heteroatoms. The molecule has 0 aliphatic rings. The highest BCUT2D eigenvalue weighted by Crippen LogP contribution is 2.22. The number of benzene rings is 1. The summed E-state index contributed by atoms with van der Waals surface area (Å²) in [6.45, 7) is 6.07. The summed E-state index contributed by atoms with van der Waals surface area (Å²) in [7, 11) is 0. The average Bonchev–Trinajstić information content (AvgIpc) is 2.85. The Morgan fingerprint density at radius 1 is 1.41 bits per heavy atom. The minimum absolute atomic E-state index is 0.109. The number of carbonyl (C=O) groups is 1. The fourth-order valence-corrected chi connectivity index (χ4v) is 2.76. The highest BCUT2D eigenvalue weighted by molar-refractivity contribution is 8.00. The van der Waals surface area contributed by atoms with Gasteiger partial charge in [-0.15, -0.1) is 5.10 Å². The normalized spacial score (nSPS) is 12.4. The van der Waals surface area contributed by atoms with E-state index < -0.39 is 0 Å². The van der Waals surface area contributed by atoms with Crippen molar-refractivity contribution in [3.8, 4) is 0 Å². The van der Waals surface area contributed by atoms with Crippen molar-refractivity contribution < 1.29 is 4.79 Å². The molecule has 2 rings (SSSR count). The number of aromatic nitrogens is 3. The molecule has 2 N–H and O–H groups in total. The number of H-pyrrole nitrogens is 1. The molecule has 0 saturated heterocycles. The van der Waals surface area contributed by atoms with E-state index in [9.17, 15) is 4.79 Å². The standard InChI is InChI=1S/C15H19ClN4OS/c1-9(2)7-13-18-15(20-19-13)22-10(3)14(21)17-12-6-4-5-11(16)8-12/h4-6,8-10H,7H2,1-3H3,(H,17,21)(H,18,19,20)/t10-/m1/s1. The van der Waals surface area contributed by atoms with Crippen LogP contribution in [0.2, 0.25) is 5.02 Å². The van der Waals surface area contributed by atoms with E-state index in [1.165, 1.54) is 11.8 Å². The third kappa shape index (κ3) is 5.03. The van der Waals surface area contributed by atoms with E-state index in [4.69, 9.17) is 11.6 Å². The van der Waals surface area contributed by atoms with Gasteiger partial charge in [0.2, 0.25) is 11.1 Å². The van der Waals surface area contributed by atoms with Gasteiger partial charge in [-0.25, -0.2) is 4.98 Å². The summed E-state index contributed by atoms with van der Waals surface area (Å²) >= 11 is 7.23. The lowest BCUT2D eigenvalue weighted by molar-refractivity contribution is -0.115. The van der Waals surface area contributed by atoms with Crippen LogP contribution in [0.3, 0.4) is 0 Å². The topological polar surface area (TPSA) is 70.7 Å². The van der Waals surface area contributed by atoms with Gasteiger partial charge in [-0.3, -0.25) is 9.89 Å². The monoisotopic (exact) mass is 338 g/mol. The Bertz CT molecular complexity index is 644. The van der Waals surface area contributed by atoms with Crippen molar-refractivity contribution in [2.75, 3.05) is 5.32 Å². The zero-order chi connectivity index (χ0) is 16.1. The van der Waals surface area contributed by atoms with E-state index in [1.54, 1.807) is 24.3 Å². The van der Waals surface area contributed by atoms with Gasteiger partial charge in [-0.05, 0) is 31.0 Å². The zero-order valence-electron chi connectivity index (χ0n) is 12.8. The van der Waals surface area contributed by atoms with Crippen LogP contribution in [0.1, 0.15) is 26.6 Å². The van der Waals surface area contributed by atoms with Crippen LogP contribution in [0.25, 0.3) is 0 Å². The summed E-state index contributed by atoms with van der Waals surface area (Å²) in [5.41, 5.74) is 0.681. The first kappa shape index (κ1) is 16.8. The summed E-state index contributed by atoms with van der Waals surface area (Å²) in [5, 5.41) is 10.7. The van der Waals surface area contributed by atoms with Gasteiger partial charge in [0.1, 0.15) is 5.82 Å². The van der Waals surface area contributed by atoms with Gasteiger partial charge in [0.15, 0.2) is 0 Å². The maximum atomic E-state index is 12.2. The van der Waals surface area contributed by atoms with E-state index in [0.29, 0.717) is 21.8 Å². The number of carbonyl (C=O) groups excluding carboxylic acids is 1. The molecule has 0 saturated carbocycles. The van der Waals surface area contributed by atoms with E-state index in [0.717, 1.165) is 12.2 Å². The Hall–Kier alpha value is -1.53. The molecule has 22 heavy (non-hydrogen) atoms. The molecule has 1 aromatic heterocycles. The van der Waals surface area contributed by atoms with Gasteiger partial charge in [-0.2, -0.15) is 0 Å². The predicted octanol–water partition coefficient (Wildman–Crippen LogP) is 3.78. The molecule has 0 aliphatic heterocycles. The second-order valence-corrected chi connectivity index (χ2v) is 7.17. The van der Waals surface area contributed by atoms with Crippen LogP contribution in [0.4, 0.5) is 5.69 Å². The number of thioether (sulfide) groups is 1. The molecule has 5 nitrogen and oxygen atoms in total. The first-order valence-electron chi connectivity index (χ1n) is 7.08. The second-order valence-electron chi connectivity index (χ2n) is 5.42. The largest absolute Gasteiger partial charge is 0.325 e. The third-order valence-corrected chi connectivity index (χ3v) is 4.05. The highest BCUT2D eigenvalue weighted by Gasteiger charge is 2.17. The molecule has 1 atom stereocenters. The third-order valence-electron chi connectivity index (χ3n) is 2.86. The summed E-state index contributed by atoms with van der Waals surface area (Å²) in [6, 6.07) is 7.07. The van der Waals surface area contributed by atoms with Crippen molar-refractivity contribution in [3.05, 3.63) is 35.1 Å². The molecular formula is C15H19ClN4OS. The highest BCUT2D eigenvalue weighted by atomic mass is 35.5. The second kappa shape index (κ2) is 7.65. The van der Waals surface area contributed by atoms with Crippen LogP contribution in [0.15, 0.2) is 29.4 Å². The molecule has 0 aliphatic carbocycles. The van der Waals surface area contributed by atoms with Gasteiger partial charge < -0.3 is 5.32 Å². The van der Waals surface area contributed by atoms with Crippen LogP contribution in [0.5, 0.6) is 0 Å².